The lowest BCUT2D eigenvalue weighted by molar-refractivity contribution is -0.120. The maximum atomic E-state index is 14.1. The molecule has 1 amide bonds. The number of aromatic nitrogens is 3. The van der Waals surface area contributed by atoms with Crippen molar-refractivity contribution in [2.24, 2.45) is 0 Å². The summed E-state index contributed by atoms with van der Waals surface area (Å²) in [5.74, 6) is 0.377. The lowest BCUT2D eigenvalue weighted by Crippen LogP contribution is -2.27. The topological polar surface area (TPSA) is 62.5 Å². The third-order valence-corrected chi connectivity index (χ3v) is 3.83. The molecule has 2 heterocycles. The number of nitrogens with zero attached hydrogens (tertiary/aromatic N) is 4. The van der Waals surface area contributed by atoms with E-state index in [1.807, 2.05) is 11.9 Å². The number of carbonyl (C=O) groups is 1. The largest absolute Gasteiger partial charge is 0.359 e. The zero-order valence-electron chi connectivity index (χ0n) is 13.5. The molecule has 1 N–H and O–H groups in total. The van der Waals surface area contributed by atoms with Gasteiger partial charge in [0.1, 0.15) is 11.6 Å². The Bertz CT molecular complexity index is 876. The van der Waals surface area contributed by atoms with Crippen LogP contribution in [0.15, 0.2) is 42.6 Å². The van der Waals surface area contributed by atoms with Crippen LogP contribution in [0.3, 0.4) is 0 Å². The summed E-state index contributed by atoms with van der Waals surface area (Å²) in [4.78, 5) is 17.9. The average molecular weight is 327 g/mol. The standard InChI is InChI=1S/C17H18FN5O/c1-19-16(24)8-10-22(2)17-11-14(12-5-3-4-6-13(12)18)21-15-7-9-20-23(15)17/h3-7,9,11H,8,10H2,1-2H3,(H,19,24). The molecular formula is C17H18FN5O. The summed E-state index contributed by atoms with van der Waals surface area (Å²) in [6.45, 7) is 0.509. The summed E-state index contributed by atoms with van der Waals surface area (Å²) in [6, 6.07) is 10.1. The van der Waals surface area contributed by atoms with Crippen LogP contribution in [0.2, 0.25) is 0 Å². The second kappa shape index (κ2) is 6.66. The first-order valence-corrected chi connectivity index (χ1v) is 7.61. The van der Waals surface area contributed by atoms with Crippen LogP contribution in [0.1, 0.15) is 6.42 Å². The minimum atomic E-state index is -0.326. The highest BCUT2D eigenvalue weighted by Gasteiger charge is 2.14. The predicted molar refractivity (Wildman–Crippen MR) is 90.3 cm³/mol. The van der Waals surface area contributed by atoms with Crippen molar-refractivity contribution in [3.8, 4) is 11.3 Å². The molecule has 0 bridgehead atoms. The van der Waals surface area contributed by atoms with E-state index in [0.717, 1.165) is 5.82 Å². The summed E-state index contributed by atoms with van der Waals surface area (Å²) < 4.78 is 15.8. The molecule has 0 aliphatic rings. The van der Waals surface area contributed by atoms with Crippen LogP contribution < -0.4 is 10.2 Å². The molecular weight excluding hydrogens is 309 g/mol. The molecule has 0 aliphatic carbocycles. The highest BCUT2D eigenvalue weighted by molar-refractivity contribution is 5.76. The number of anilines is 1. The Morgan fingerprint density at radius 1 is 1.33 bits per heavy atom. The van der Waals surface area contributed by atoms with Crippen molar-refractivity contribution in [2.75, 3.05) is 25.5 Å². The van der Waals surface area contributed by atoms with E-state index in [4.69, 9.17) is 0 Å². The van der Waals surface area contributed by atoms with Gasteiger partial charge in [0.25, 0.3) is 0 Å². The number of hydrogen-bond donors (Lipinski definition) is 1. The van der Waals surface area contributed by atoms with Gasteiger partial charge in [-0.25, -0.2) is 9.37 Å². The number of benzene rings is 1. The van der Waals surface area contributed by atoms with Gasteiger partial charge in [0, 0.05) is 44.8 Å². The first kappa shape index (κ1) is 15.9. The van der Waals surface area contributed by atoms with Crippen LogP contribution in [-0.2, 0) is 4.79 Å². The van der Waals surface area contributed by atoms with Gasteiger partial charge in [-0.1, -0.05) is 12.1 Å². The number of nitrogens with one attached hydrogen (secondary N) is 1. The van der Waals surface area contributed by atoms with Crippen molar-refractivity contribution in [1.29, 1.82) is 0 Å². The highest BCUT2D eigenvalue weighted by atomic mass is 19.1. The minimum Gasteiger partial charge on any atom is -0.359 e. The van der Waals surface area contributed by atoms with Gasteiger partial charge in [-0.15, -0.1) is 0 Å². The van der Waals surface area contributed by atoms with E-state index >= 15 is 0 Å². The summed E-state index contributed by atoms with van der Waals surface area (Å²) >= 11 is 0. The molecule has 0 saturated heterocycles. The van der Waals surface area contributed by atoms with Gasteiger partial charge in [0.15, 0.2) is 5.65 Å². The quantitative estimate of drug-likeness (QED) is 0.780. The lowest BCUT2D eigenvalue weighted by atomic mass is 10.1. The van der Waals surface area contributed by atoms with E-state index in [0.29, 0.717) is 29.9 Å². The molecule has 7 heteroatoms. The Hall–Kier alpha value is -2.96. The zero-order valence-corrected chi connectivity index (χ0v) is 13.5. The Kier molecular flexibility index (Phi) is 4.41. The van der Waals surface area contributed by atoms with Crippen LogP contribution in [0, 0.1) is 5.82 Å². The molecule has 0 saturated carbocycles. The number of halogens is 1. The molecule has 0 aliphatic heterocycles. The minimum absolute atomic E-state index is 0.0399. The van der Waals surface area contributed by atoms with E-state index in [1.54, 1.807) is 48.1 Å². The zero-order chi connectivity index (χ0) is 17.1. The second-order valence-electron chi connectivity index (χ2n) is 5.43. The number of hydrogen-bond acceptors (Lipinski definition) is 4. The van der Waals surface area contributed by atoms with E-state index in [1.165, 1.54) is 6.07 Å². The van der Waals surface area contributed by atoms with Gasteiger partial charge in [-0.3, -0.25) is 4.79 Å². The number of rotatable bonds is 5. The molecule has 1 aromatic carbocycles. The van der Waals surface area contributed by atoms with Crippen molar-refractivity contribution < 1.29 is 9.18 Å². The first-order chi connectivity index (χ1) is 11.6. The number of carbonyl (C=O) groups excluding carboxylic acids is 1. The Morgan fingerprint density at radius 3 is 2.88 bits per heavy atom. The van der Waals surface area contributed by atoms with E-state index in [-0.39, 0.29) is 11.7 Å². The van der Waals surface area contributed by atoms with E-state index < -0.39 is 0 Å². The summed E-state index contributed by atoms with van der Waals surface area (Å²) in [5, 5.41) is 6.86. The first-order valence-electron chi connectivity index (χ1n) is 7.61. The molecule has 3 rings (SSSR count). The van der Waals surface area contributed by atoms with E-state index in [9.17, 15) is 9.18 Å². The van der Waals surface area contributed by atoms with Crippen LogP contribution in [0.4, 0.5) is 10.2 Å². The predicted octanol–water partition coefficient (Wildman–Crippen LogP) is 2.11. The van der Waals surface area contributed by atoms with Crippen molar-refractivity contribution in [1.82, 2.24) is 19.9 Å². The molecule has 0 unspecified atom stereocenters. The molecule has 0 fully saturated rings. The molecule has 0 radical (unpaired) electrons. The molecule has 124 valence electrons. The fraction of sp³-hybridized carbons (Fsp3) is 0.235. The van der Waals surface area contributed by atoms with Gasteiger partial charge in [-0.2, -0.15) is 9.61 Å². The monoisotopic (exact) mass is 327 g/mol. The van der Waals surface area contributed by atoms with E-state index in [2.05, 4.69) is 15.4 Å². The van der Waals surface area contributed by atoms with Crippen molar-refractivity contribution >= 4 is 17.4 Å². The van der Waals surface area contributed by atoms with Gasteiger partial charge >= 0.3 is 0 Å². The maximum absolute atomic E-state index is 14.1. The third kappa shape index (κ3) is 3.05. The summed E-state index contributed by atoms with van der Waals surface area (Å²) in [7, 11) is 3.47. The molecule has 6 nitrogen and oxygen atoms in total. The Labute approximate surface area is 138 Å². The molecule has 3 aromatic rings. The molecule has 2 aromatic heterocycles. The Balaban J connectivity index is 2.02. The van der Waals surface area contributed by atoms with Crippen LogP contribution >= 0.6 is 0 Å². The van der Waals surface area contributed by atoms with Crippen molar-refractivity contribution in [3.05, 3.63) is 48.4 Å². The van der Waals surface area contributed by atoms with Crippen molar-refractivity contribution in [2.45, 2.75) is 6.42 Å². The molecule has 0 atom stereocenters. The smallest absolute Gasteiger partial charge is 0.221 e. The number of amides is 1. The fourth-order valence-corrected chi connectivity index (χ4v) is 2.48. The summed E-state index contributed by atoms with van der Waals surface area (Å²) in [5.41, 5.74) is 1.59. The highest BCUT2D eigenvalue weighted by Crippen LogP contribution is 2.25. The molecule has 0 spiro atoms. The van der Waals surface area contributed by atoms with Crippen LogP contribution in [0.25, 0.3) is 16.9 Å². The lowest BCUT2D eigenvalue weighted by Gasteiger charge is -2.20. The SMILES string of the molecule is CNC(=O)CCN(C)c1cc(-c2ccccc2F)nc2ccnn12. The Morgan fingerprint density at radius 2 is 2.12 bits per heavy atom. The van der Waals surface area contributed by atoms with Crippen molar-refractivity contribution in [3.63, 3.8) is 0 Å². The molecule has 24 heavy (non-hydrogen) atoms. The normalized spacial score (nSPS) is 10.8. The average Bonchev–Trinajstić information content (AvgIpc) is 3.07. The van der Waals surface area contributed by atoms with Crippen LogP contribution in [0.5, 0.6) is 0 Å². The van der Waals surface area contributed by atoms with Gasteiger partial charge in [0.2, 0.25) is 5.91 Å². The summed E-state index contributed by atoms with van der Waals surface area (Å²) in [6.07, 6.45) is 2.00. The second-order valence-corrected chi connectivity index (χ2v) is 5.43. The maximum Gasteiger partial charge on any atom is 0.221 e. The fourth-order valence-electron chi connectivity index (χ4n) is 2.48. The van der Waals surface area contributed by atoms with Gasteiger partial charge in [0.05, 0.1) is 11.9 Å². The third-order valence-electron chi connectivity index (χ3n) is 3.83. The van der Waals surface area contributed by atoms with Crippen LogP contribution in [-0.4, -0.2) is 41.1 Å². The van der Waals surface area contributed by atoms with Gasteiger partial charge < -0.3 is 10.2 Å². The number of fused-ring (bicyclic) bond motifs is 1. The van der Waals surface area contributed by atoms with Gasteiger partial charge in [-0.05, 0) is 12.1 Å².